The number of aliphatic hydroxyl groups excluding tert-OH is 3. The molecule has 0 radical (unpaired) electrons. The zero-order valence-corrected chi connectivity index (χ0v) is 7.90. The van der Waals surface area contributed by atoms with Crippen molar-refractivity contribution in [2.24, 2.45) is 0 Å². The Balaban J connectivity index is 2.55. The van der Waals surface area contributed by atoms with Gasteiger partial charge in [0, 0.05) is 6.92 Å². The molecule has 1 aliphatic rings. The number of rotatable bonds is 2. The molecule has 1 aliphatic heterocycles. The highest BCUT2D eigenvalue weighted by Gasteiger charge is 2.43. The normalized spacial score (nSPS) is 39.1. The smallest absolute Gasteiger partial charge is 0.303 e. The van der Waals surface area contributed by atoms with E-state index < -0.39 is 28.9 Å². The maximum atomic E-state index is 10.6. The molecule has 0 aromatic heterocycles. The van der Waals surface area contributed by atoms with Crippen molar-refractivity contribution in [1.82, 2.24) is 0 Å². The van der Waals surface area contributed by atoms with E-state index in [1.165, 1.54) is 6.92 Å². The van der Waals surface area contributed by atoms with Gasteiger partial charge in [0.25, 0.3) is 0 Å². The SMILES string of the molecule is CC(=O)OC1S[C@H](CO)[C@@H](O)[C@@H]1O. The van der Waals surface area contributed by atoms with Gasteiger partial charge in [-0.15, -0.1) is 11.8 Å². The first kappa shape index (κ1) is 10.8. The summed E-state index contributed by atoms with van der Waals surface area (Å²) in [6.45, 7) is 0.979. The summed E-state index contributed by atoms with van der Waals surface area (Å²) in [5, 5.41) is 27.0. The summed E-state index contributed by atoms with van der Waals surface area (Å²) in [6, 6.07) is 0. The van der Waals surface area contributed by atoms with Crippen LogP contribution in [0.5, 0.6) is 0 Å². The van der Waals surface area contributed by atoms with E-state index in [0.717, 1.165) is 11.8 Å². The standard InChI is InChI=1S/C7H12O5S/c1-3(9)12-7-6(11)5(10)4(2-8)13-7/h4-8,10-11H,2H2,1H3/t4-,5-,6+,7?/m1/s1. The second-order valence-corrected chi connectivity index (χ2v) is 4.16. The molecule has 1 rings (SSSR count). The molecule has 5 nitrogen and oxygen atoms in total. The molecule has 0 aliphatic carbocycles. The van der Waals surface area contributed by atoms with Gasteiger partial charge in [0.15, 0.2) is 5.44 Å². The van der Waals surface area contributed by atoms with Crippen LogP contribution in [0.1, 0.15) is 6.92 Å². The molecule has 3 N–H and O–H groups in total. The van der Waals surface area contributed by atoms with Gasteiger partial charge < -0.3 is 20.1 Å². The van der Waals surface area contributed by atoms with Crippen LogP contribution in [0.2, 0.25) is 0 Å². The number of esters is 1. The highest BCUT2D eigenvalue weighted by atomic mass is 32.2. The molecular formula is C7H12O5S. The lowest BCUT2D eigenvalue weighted by atomic mass is 10.1. The first-order valence-electron chi connectivity index (χ1n) is 3.86. The van der Waals surface area contributed by atoms with Crippen molar-refractivity contribution in [1.29, 1.82) is 0 Å². The van der Waals surface area contributed by atoms with Crippen molar-refractivity contribution >= 4 is 17.7 Å². The topological polar surface area (TPSA) is 87.0 Å². The number of thioether (sulfide) groups is 1. The molecule has 0 spiro atoms. The Kier molecular flexibility index (Phi) is 3.55. The van der Waals surface area contributed by atoms with Crippen molar-refractivity contribution in [3.63, 3.8) is 0 Å². The van der Waals surface area contributed by atoms with Crippen LogP contribution >= 0.6 is 11.8 Å². The second kappa shape index (κ2) is 4.28. The van der Waals surface area contributed by atoms with Crippen molar-refractivity contribution in [2.45, 2.75) is 29.8 Å². The van der Waals surface area contributed by atoms with Crippen LogP contribution in [0.4, 0.5) is 0 Å². The molecule has 1 heterocycles. The van der Waals surface area contributed by atoms with Gasteiger partial charge in [-0.2, -0.15) is 0 Å². The fraction of sp³-hybridized carbons (Fsp3) is 0.857. The Labute approximate surface area is 79.7 Å². The summed E-state index contributed by atoms with van der Waals surface area (Å²) in [4.78, 5) is 10.6. The van der Waals surface area contributed by atoms with E-state index in [-0.39, 0.29) is 6.61 Å². The summed E-state index contributed by atoms with van der Waals surface area (Å²) in [6.07, 6.45) is -2.16. The number of ether oxygens (including phenoxy) is 1. The van der Waals surface area contributed by atoms with Crippen molar-refractivity contribution < 1.29 is 24.9 Å². The van der Waals surface area contributed by atoms with E-state index in [1.807, 2.05) is 0 Å². The van der Waals surface area contributed by atoms with Gasteiger partial charge in [-0.25, -0.2) is 0 Å². The molecule has 4 atom stereocenters. The Morgan fingerprint density at radius 3 is 2.46 bits per heavy atom. The molecule has 1 saturated heterocycles. The van der Waals surface area contributed by atoms with Gasteiger partial charge in [-0.1, -0.05) is 0 Å². The molecule has 6 heteroatoms. The minimum atomic E-state index is -1.12. The van der Waals surface area contributed by atoms with Gasteiger partial charge in [0.2, 0.25) is 0 Å². The van der Waals surface area contributed by atoms with E-state index in [0.29, 0.717) is 0 Å². The highest BCUT2D eigenvalue weighted by Crippen LogP contribution is 2.34. The molecule has 76 valence electrons. The lowest BCUT2D eigenvalue weighted by Crippen LogP contribution is -2.35. The van der Waals surface area contributed by atoms with E-state index in [4.69, 9.17) is 9.84 Å². The zero-order chi connectivity index (χ0) is 10.0. The number of carbonyl (C=O) groups excluding carboxylic acids is 1. The quantitative estimate of drug-likeness (QED) is 0.489. The highest BCUT2D eigenvalue weighted by molar-refractivity contribution is 8.00. The monoisotopic (exact) mass is 208 g/mol. The maximum absolute atomic E-state index is 10.6. The van der Waals surface area contributed by atoms with Crippen molar-refractivity contribution in [2.75, 3.05) is 6.61 Å². The summed E-state index contributed by atoms with van der Waals surface area (Å²) in [7, 11) is 0. The van der Waals surface area contributed by atoms with Crippen LogP contribution in [0.25, 0.3) is 0 Å². The molecule has 0 amide bonds. The van der Waals surface area contributed by atoms with Crippen LogP contribution in [-0.2, 0) is 9.53 Å². The fourth-order valence-electron chi connectivity index (χ4n) is 1.13. The van der Waals surface area contributed by atoms with E-state index >= 15 is 0 Å². The first-order chi connectivity index (χ1) is 6.06. The lowest BCUT2D eigenvalue weighted by molar-refractivity contribution is -0.147. The molecule has 0 aromatic carbocycles. The summed E-state index contributed by atoms with van der Waals surface area (Å²) in [5.74, 6) is -0.512. The van der Waals surface area contributed by atoms with Crippen LogP contribution in [-0.4, -0.2) is 50.8 Å². The molecule has 1 unspecified atom stereocenters. The number of aliphatic hydroxyl groups is 3. The predicted molar refractivity (Wildman–Crippen MR) is 46.0 cm³/mol. The number of hydrogen-bond donors (Lipinski definition) is 3. The maximum Gasteiger partial charge on any atom is 0.303 e. The first-order valence-corrected chi connectivity index (χ1v) is 4.80. The lowest BCUT2D eigenvalue weighted by Gasteiger charge is -2.14. The van der Waals surface area contributed by atoms with Crippen LogP contribution in [0.15, 0.2) is 0 Å². The fourth-order valence-corrected chi connectivity index (χ4v) is 2.39. The number of carbonyl (C=O) groups is 1. The van der Waals surface area contributed by atoms with Crippen LogP contribution in [0.3, 0.4) is 0 Å². The van der Waals surface area contributed by atoms with E-state index in [2.05, 4.69) is 0 Å². The summed E-state index contributed by atoms with van der Waals surface area (Å²) >= 11 is 1.06. The van der Waals surface area contributed by atoms with E-state index in [9.17, 15) is 15.0 Å². The second-order valence-electron chi connectivity index (χ2n) is 2.82. The van der Waals surface area contributed by atoms with Gasteiger partial charge >= 0.3 is 5.97 Å². The van der Waals surface area contributed by atoms with Crippen LogP contribution < -0.4 is 0 Å². The minimum Gasteiger partial charge on any atom is -0.449 e. The molecule has 0 bridgehead atoms. The molecule has 1 fully saturated rings. The Morgan fingerprint density at radius 1 is 1.46 bits per heavy atom. The third-order valence-corrected chi connectivity index (χ3v) is 3.20. The molecular weight excluding hydrogens is 196 g/mol. The minimum absolute atomic E-state index is 0.249. The van der Waals surface area contributed by atoms with Crippen LogP contribution in [0, 0.1) is 0 Å². The Bertz CT molecular complexity index is 197. The van der Waals surface area contributed by atoms with Crippen molar-refractivity contribution in [3.8, 4) is 0 Å². The molecule has 0 saturated carbocycles. The summed E-state index contributed by atoms with van der Waals surface area (Å²) in [5.41, 5.74) is -0.773. The average molecular weight is 208 g/mol. The average Bonchev–Trinajstić information content (AvgIpc) is 2.32. The number of hydrogen-bond acceptors (Lipinski definition) is 6. The zero-order valence-electron chi connectivity index (χ0n) is 7.08. The van der Waals surface area contributed by atoms with Gasteiger partial charge in [-0.3, -0.25) is 4.79 Å². The Hall–Kier alpha value is -0.300. The largest absolute Gasteiger partial charge is 0.449 e. The van der Waals surface area contributed by atoms with Crippen molar-refractivity contribution in [3.05, 3.63) is 0 Å². The molecule has 0 aromatic rings. The predicted octanol–water partition coefficient (Wildman–Crippen LogP) is -1.29. The van der Waals surface area contributed by atoms with E-state index in [1.54, 1.807) is 0 Å². The van der Waals surface area contributed by atoms with Gasteiger partial charge in [0.05, 0.1) is 18.0 Å². The third kappa shape index (κ3) is 2.34. The van der Waals surface area contributed by atoms with Gasteiger partial charge in [0.1, 0.15) is 6.10 Å². The third-order valence-electron chi connectivity index (χ3n) is 1.78. The van der Waals surface area contributed by atoms with Gasteiger partial charge in [-0.05, 0) is 0 Å². The summed E-state index contributed by atoms with van der Waals surface area (Å²) < 4.78 is 4.73. The Morgan fingerprint density at radius 2 is 2.08 bits per heavy atom. The molecule has 13 heavy (non-hydrogen) atoms.